The maximum Gasteiger partial charge on any atom is 0.417 e. The SMILES string of the molecule is CC(=O)/C=C(/C)O.CC(C)(C)c1cc(-c2nccc3c2cnc2cc(-c4ccccc4C(F)(F)F)ccc23)[c-]c2ccccc12.[Ir]. The molecule has 0 aliphatic carbocycles. The van der Waals surface area contributed by atoms with Gasteiger partial charge in [-0.05, 0) is 59.4 Å². The molecule has 6 rings (SSSR count). The Morgan fingerprint density at radius 2 is 1.50 bits per heavy atom. The molecule has 0 saturated carbocycles. The van der Waals surface area contributed by atoms with Crippen LogP contribution in [0.5, 0.6) is 0 Å². The summed E-state index contributed by atoms with van der Waals surface area (Å²) < 4.78 is 40.9. The molecule has 2 heterocycles. The first kappa shape index (κ1) is 34.5. The Hall–Kier alpha value is -4.39. The molecule has 237 valence electrons. The van der Waals surface area contributed by atoms with E-state index in [9.17, 15) is 18.0 Å². The van der Waals surface area contributed by atoms with E-state index >= 15 is 0 Å². The Bertz CT molecular complexity index is 2090. The van der Waals surface area contributed by atoms with Crippen molar-refractivity contribution in [2.24, 2.45) is 0 Å². The predicted molar refractivity (Wildman–Crippen MR) is 175 cm³/mol. The Morgan fingerprint density at radius 1 is 0.804 bits per heavy atom. The van der Waals surface area contributed by atoms with Crippen LogP contribution in [0.4, 0.5) is 13.2 Å². The van der Waals surface area contributed by atoms with Gasteiger partial charge in [0.25, 0.3) is 0 Å². The van der Waals surface area contributed by atoms with Crippen molar-refractivity contribution in [3.63, 3.8) is 0 Å². The van der Waals surface area contributed by atoms with Crippen molar-refractivity contribution >= 4 is 38.2 Å². The summed E-state index contributed by atoms with van der Waals surface area (Å²) in [4.78, 5) is 19.4. The monoisotopic (exact) mass is 798 g/mol. The molecule has 1 N–H and O–H groups in total. The number of aliphatic hydroxyl groups is 1. The summed E-state index contributed by atoms with van der Waals surface area (Å²) in [6.07, 6.45) is 0.258. The minimum atomic E-state index is -4.44. The van der Waals surface area contributed by atoms with Gasteiger partial charge in [0, 0.05) is 49.7 Å². The number of aromatic nitrogens is 2. The molecule has 0 amide bonds. The third-order valence-corrected chi connectivity index (χ3v) is 7.40. The molecule has 0 saturated heterocycles. The zero-order chi connectivity index (χ0) is 32.5. The molecule has 4 aromatic carbocycles. The summed E-state index contributed by atoms with van der Waals surface area (Å²) in [5, 5.41) is 13.2. The molecule has 4 nitrogen and oxygen atoms in total. The second-order valence-electron chi connectivity index (χ2n) is 11.9. The number of allylic oxidation sites excluding steroid dienone is 2. The third kappa shape index (κ3) is 7.35. The number of rotatable bonds is 3. The van der Waals surface area contributed by atoms with Gasteiger partial charge in [0.15, 0.2) is 5.78 Å². The van der Waals surface area contributed by atoms with Gasteiger partial charge in [0.1, 0.15) is 0 Å². The fourth-order valence-corrected chi connectivity index (χ4v) is 5.48. The van der Waals surface area contributed by atoms with Crippen molar-refractivity contribution in [3.05, 3.63) is 120 Å². The number of ketones is 1. The number of carbonyl (C=O) groups is 1. The Morgan fingerprint density at radius 3 is 2.15 bits per heavy atom. The van der Waals surface area contributed by atoms with E-state index in [1.165, 1.54) is 43.0 Å². The van der Waals surface area contributed by atoms with Gasteiger partial charge in [-0.25, -0.2) is 0 Å². The average Bonchev–Trinajstić information content (AvgIpc) is 2.98. The van der Waals surface area contributed by atoms with Crippen molar-refractivity contribution in [1.29, 1.82) is 0 Å². The molecule has 46 heavy (non-hydrogen) atoms. The fraction of sp³-hybridized carbons (Fsp3) is 0.184. The summed E-state index contributed by atoms with van der Waals surface area (Å²) >= 11 is 0. The largest absolute Gasteiger partial charge is 0.512 e. The Kier molecular flexibility index (Phi) is 10.1. The van der Waals surface area contributed by atoms with Crippen molar-refractivity contribution in [2.75, 3.05) is 0 Å². The Balaban J connectivity index is 0.000000542. The molecular weight excluding hydrogens is 766 g/mol. The second-order valence-corrected chi connectivity index (χ2v) is 11.9. The normalized spacial score (nSPS) is 12.0. The summed E-state index contributed by atoms with van der Waals surface area (Å²) in [7, 11) is 0. The van der Waals surface area contributed by atoms with Gasteiger partial charge >= 0.3 is 6.18 Å². The van der Waals surface area contributed by atoms with Crippen molar-refractivity contribution in [3.8, 4) is 22.4 Å². The molecule has 0 spiro atoms. The van der Waals surface area contributed by atoms with Crippen molar-refractivity contribution in [2.45, 2.75) is 46.2 Å². The van der Waals surface area contributed by atoms with E-state index in [1.807, 2.05) is 24.3 Å². The molecule has 0 atom stereocenters. The molecule has 0 aliphatic heterocycles. The number of fused-ring (bicyclic) bond motifs is 4. The number of hydrogen-bond acceptors (Lipinski definition) is 4. The maximum atomic E-state index is 13.6. The van der Waals surface area contributed by atoms with Crippen LogP contribution in [0.2, 0.25) is 0 Å². The topological polar surface area (TPSA) is 63.1 Å². The number of alkyl halides is 3. The van der Waals surface area contributed by atoms with Gasteiger partial charge in [-0.3, -0.25) is 14.8 Å². The van der Waals surface area contributed by atoms with E-state index in [1.54, 1.807) is 30.6 Å². The predicted octanol–water partition coefficient (Wildman–Crippen LogP) is 10.4. The number of hydrogen-bond donors (Lipinski definition) is 1. The maximum absolute atomic E-state index is 13.6. The number of carbonyl (C=O) groups excluding carboxylic acids is 1. The quantitative estimate of drug-likeness (QED) is 0.0839. The Labute approximate surface area is 279 Å². The number of halogens is 3. The molecule has 0 unspecified atom stereocenters. The first-order valence-corrected chi connectivity index (χ1v) is 14.4. The first-order chi connectivity index (χ1) is 21.2. The average molecular weight is 798 g/mol. The zero-order valence-electron chi connectivity index (χ0n) is 26.0. The van der Waals surface area contributed by atoms with Gasteiger partial charge in [0.2, 0.25) is 0 Å². The van der Waals surface area contributed by atoms with Crippen LogP contribution in [0.3, 0.4) is 0 Å². The van der Waals surface area contributed by atoms with Gasteiger partial charge in [-0.15, -0.1) is 29.1 Å². The molecule has 6 aromatic rings. The van der Waals surface area contributed by atoms with Gasteiger partial charge in [-0.1, -0.05) is 80.3 Å². The zero-order valence-corrected chi connectivity index (χ0v) is 28.3. The third-order valence-electron chi connectivity index (χ3n) is 7.40. The number of nitrogens with zero attached hydrogens (tertiary/aromatic N) is 2. The van der Waals surface area contributed by atoms with Crippen LogP contribution in [-0.4, -0.2) is 20.9 Å². The molecular formula is C38H32F3IrN2O2-. The van der Waals surface area contributed by atoms with Crippen LogP contribution in [-0.2, 0) is 36.5 Å². The molecule has 8 heteroatoms. The summed E-state index contributed by atoms with van der Waals surface area (Å²) in [5.74, 6) is -0.0625. The van der Waals surface area contributed by atoms with Crippen LogP contribution < -0.4 is 0 Å². The van der Waals surface area contributed by atoms with Crippen molar-refractivity contribution in [1.82, 2.24) is 9.97 Å². The van der Waals surface area contributed by atoms with E-state index in [4.69, 9.17) is 10.1 Å². The molecule has 0 fully saturated rings. The summed E-state index contributed by atoms with van der Waals surface area (Å²) in [6.45, 7) is 9.43. The van der Waals surface area contributed by atoms with Crippen LogP contribution in [0.1, 0.15) is 45.7 Å². The van der Waals surface area contributed by atoms with Crippen LogP contribution >= 0.6 is 0 Å². The van der Waals surface area contributed by atoms with E-state index < -0.39 is 11.7 Å². The van der Waals surface area contributed by atoms with Gasteiger partial charge in [-0.2, -0.15) is 13.2 Å². The fourth-order valence-electron chi connectivity index (χ4n) is 5.48. The number of pyridine rings is 2. The van der Waals surface area contributed by atoms with Crippen molar-refractivity contribution < 1.29 is 43.2 Å². The van der Waals surface area contributed by atoms with Gasteiger partial charge in [0.05, 0.1) is 16.8 Å². The molecule has 0 bridgehead atoms. The first-order valence-electron chi connectivity index (χ1n) is 14.4. The molecule has 0 aliphatic rings. The minimum absolute atomic E-state index is 0. The molecule has 1 radical (unpaired) electrons. The summed E-state index contributed by atoms with van der Waals surface area (Å²) in [6, 6.07) is 26.8. The van der Waals surface area contributed by atoms with E-state index in [0.29, 0.717) is 11.1 Å². The van der Waals surface area contributed by atoms with Gasteiger partial charge < -0.3 is 5.11 Å². The number of benzene rings is 4. The summed E-state index contributed by atoms with van der Waals surface area (Å²) in [5.41, 5.74) is 3.37. The second kappa shape index (κ2) is 13.5. The smallest absolute Gasteiger partial charge is 0.417 e. The van der Waals surface area contributed by atoms with E-state index in [-0.39, 0.29) is 42.6 Å². The van der Waals surface area contributed by atoms with E-state index in [2.05, 4.69) is 50.0 Å². The van der Waals surface area contributed by atoms with Crippen LogP contribution in [0.25, 0.3) is 54.8 Å². The minimum Gasteiger partial charge on any atom is -0.512 e. The van der Waals surface area contributed by atoms with Crippen LogP contribution in [0, 0.1) is 6.07 Å². The standard InChI is InChI=1S/C33H24F3N2.C5H8O2.Ir/c1-32(2,3)29-17-22(16-20-8-4-5-10-24(20)29)31-27-19-38-30-18-21(12-13-26(30)25(27)14-15-37-31)23-9-6-7-11-28(23)33(34,35)36;1-4(6)3-5(2)7;/h4-15,17-19H,1-3H3;3,6H,1-2H3;/q-1;;/b;4-3-;. The van der Waals surface area contributed by atoms with Crippen LogP contribution in [0.15, 0.2) is 103 Å². The number of aliphatic hydroxyl groups excluding tert-OH is 1. The molecule has 2 aromatic heterocycles. The van der Waals surface area contributed by atoms with E-state index in [0.717, 1.165) is 38.9 Å².